The Bertz CT molecular complexity index is 739. The summed E-state index contributed by atoms with van der Waals surface area (Å²) in [6.45, 7) is 0. The van der Waals surface area contributed by atoms with Crippen molar-refractivity contribution in [3.63, 3.8) is 0 Å². The second-order valence-electron chi connectivity index (χ2n) is 3.85. The van der Waals surface area contributed by atoms with Crippen LogP contribution in [0.1, 0.15) is 0 Å². The predicted octanol–water partition coefficient (Wildman–Crippen LogP) is 3.50. The Hall–Kier alpha value is -2.07. The van der Waals surface area contributed by atoms with Crippen molar-refractivity contribution < 1.29 is 9.50 Å². The van der Waals surface area contributed by atoms with Crippen LogP contribution in [0.3, 0.4) is 0 Å². The van der Waals surface area contributed by atoms with Crippen LogP contribution in [0.15, 0.2) is 42.6 Å². The van der Waals surface area contributed by atoms with E-state index in [0.717, 1.165) is 0 Å². The van der Waals surface area contributed by atoms with Crippen LogP contribution in [-0.4, -0.2) is 14.5 Å². The standard InChI is InChI=1S/C13H8ClFN2O/c14-12-11-6-5-8(18)7-17(11)13(16-12)9-3-1-2-4-10(9)15/h1-7,18H. The van der Waals surface area contributed by atoms with Gasteiger partial charge in [0.1, 0.15) is 17.4 Å². The van der Waals surface area contributed by atoms with Gasteiger partial charge in [-0.3, -0.25) is 4.40 Å². The number of nitrogens with zero attached hydrogens (tertiary/aromatic N) is 2. The second kappa shape index (κ2) is 3.99. The van der Waals surface area contributed by atoms with Crippen molar-refractivity contribution in [3.8, 4) is 17.1 Å². The van der Waals surface area contributed by atoms with Crippen LogP contribution < -0.4 is 0 Å². The lowest BCUT2D eigenvalue weighted by Crippen LogP contribution is -1.91. The molecule has 2 aromatic heterocycles. The number of fused-ring (bicyclic) bond motifs is 1. The van der Waals surface area contributed by atoms with Gasteiger partial charge in [-0.15, -0.1) is 0 Å². The smallest absolute Gasteiger partial charge is 0.155 e. The third-order valence-corrected chi connectivity index (χ3v) is 2.97. The Labute approximate surface area is 107 Å². The number of pyridine rings is 1. The topological polar surface area (TPSA) is 37.5 Å². The van der Waals surface area contributed by atoms with Crippen molar-refractivity contribution in [2.75, 3.05) is 0 Å². The first-order valence-electron chi connectivity index (χ1n) is 5.28. The molecule has 3 aromatic rings. The van der Waals surface area contributed by atoms with Crippen molar-refractivity contribution in [2.24, 2.45) is 0 Å². The summed E-state index contributed by atoms with van der Waals surface area (Å²) in [5.41, 5.74) is 0.956. The minimum absolute atomic E-state index is 0.0640. The van der Waals surface area contributed by atoms with Crippen LogP contribution in [0, 0.1) is 5.82 Å². The van der Waals surface area contributed by atoms with Crippen molar-refractivity contribution >= 4 is 17.1 Å². The fourth-order valence-corrected chi connectivity index (χ4v) is 2.10. The monoisotopic (exact) mass is 262 g/mol. The van der Waals surface area contributed by atoms with Crippen molar-refractivity contribution in [1.29, 1.82) is 0 Å². The summed E-state index contributed by atoms with van der Waals surface area (Å²) in [5.74, 6) is 0.0440. The first-order chi connectivity index (χ1) is 8.66. The summed E-state index contributed by atoms with van der Waals surface area (Å²) in [5, 5.41) is 9.77. The molecule has 0 aliphatic rings. The van der Waals surface area contributed by atoms with Crippen LogP contribution in [0.25, 0.3) is 16.9 Å². The first-order valence-corrected chi connectivity index (χ1v) is 5.66. The van der Waals surface area contributed by atoms with E-state index in [4.69, 9.17) is 11.6 Å². The highest BCUT2D eigenvalue weighted by molar-refractivity contribution is 6.32. The highest BCUT2D eigenvalue weighted by Gasteiger charge is 2.14. The average molecular weight is 263 g/mol. The number of aromatic hydroxyl groups is 1. The lowest BCUT2D eigenvalue weighted by atomic mass is 10.2. The lowest BCUT2D eigenvalue weighted by molar-refractivity contribution is 0.472. The van der Waals surface area contributed by atoms with E-state index >= 15 is 0 Å². The fourth-order valence-electron chi connectivity index (χ4n) is 1.87. The number of hydrogen-bond donors (Lipinski definition) is 1. The minimum Gasteiger partial charge on any atom is -0.506 e. The molecule has 0 atom stereocenters. The number of aromatic nitrogens is 2. The third kappa shape index (κ3) is 1.62. The maximum Gasteiger partial charge on any atom is 0.155 e. The molecule has 0 aliphatic carbocycles. The maximum atomic E-state index is 13.8. The molecule has 0 saturated heterocycles. The lowest BCUT2D eigenvalue weighted by Gasteiger charge is -2.02. The van der Waals surface area contributed by atoms with E-state index in [2.05, 4.69) is 4.98 Å². The molecule has 3 rings (SSSR count). The van der Waals surface area contributed by atoms with Crippen LogP contribution >= 0.6 is 11.6 Å². The van der Waals surface area contributed by atoms with Gasteiger partial charge in [0.25, 0.3) is 0 Å². The quantitative estimate of drug-likeness (QED) is 0.729. The Morgan fingerprint density at radius 3 is 2.72 bits per heavy atom. The molecule has 1 aromatic carbocycles. The molecule has 0 unspecified atom stereocenters. The Morgan fingerprint density at radius 2 is 1.94 bits per heavy atom. The average Bonchev–Trinajstić information content (AvgIpc) is 2.67. The summed E-state index contributed by atoms with van der Waals surface area (Å²) >= 11 is 6.00. The Kier molecular flexibility index (Phi) is 2.45. The van der Waals surface area contributed by atoms with Gasteiger partial charge >= 0.3 is 0 Å². The summed E-state index contributed by atoms with van der Waals surface area (Å²) in [6.07, 6.45) is 1.45. The van der Waals surface area contributed by atoms with Crippen molar-refractivity contribution in [1.82, 2.24) is 9.38 Å². The largest absolute Gasteiger partial charge is 0.506 e. The molecule has 0 bridgehead atoms. The Balaban J connectivity index is 2.36. The van der Waals surface area contributed by atoms with Gasteiger partial charge in [-0.05, 0) is 24.3 Å². The van der Waals surface area contributed by atoms with Gasteiger partial charge in [-0.25, -0.2) is 9.37 Å². The van der Waals surface area contributed by atoms with Gasteiger partial charge in [0.05, 0.1) is 17.3 Å². The zero-order valence-corrected chi connectivity index (χ0v) is 9.89. The van der Waals surface area contributed by atoms with Crippen LogP contribution in [0.5, 0.6) is 5.75 Å². The summed E-state index contributed by atoms with van der Waals surface area (Å²) in [7, 11) is 0. The number of benzene rings is 1. The van der Waals surface area contributed by atoms with Gasteiger partial charge in [0, 0.05) is 0 Å². The van der Waals surface area contributed by atoms with E-state index in [0.29, 0.717) is 16.9 Å². The zero-order chi connectivity index (χ0) is 12.7. The van der Waals surface area contributed by atoms with E-state index < -0.39 is 0 Å². The predicted molar refractivity (Wildman–Crippen MR) is 67.3 cm³/mol. The molecule has 5 heteroatoms. The van der Waals surface area contributed by atoms with Crippen LogP contribution in [0.2, 0.25) is 5.15 Å². The molecule has 0 spiro atoms. The normalized spacial score (nSPS) is 11.0. The number of hydrogen-bond acceptors (Lipinski definition) is 2. The molecule has 0 amide bonds. The molecule has 0 fully saturated rings. The molecule has 90 valence electrons. The van der Waals surface area contributed by atoms with Gasteiger partial charge in [-0.2, -0.15) is 0 Å². The maximum absolute atomic E-state index is 13.8. The molecule has 0 radical (unpaired) electrons. The fraction of sp³-hybridized carbons (Fsp3) is 0. The SMILES string of the molecule is Oc1ccc2c(Cl)nc(-c3ccccc3F)n2c1. The molecular formula is C13H8ClFN2O. The minimum atomic E-state index is -0.385. The van der Waals surface area contributed by atoms with E-state index in [1.54, 1.807) is 28.7 Å². The summed E-state index contributed by atoms with van der Waals surface area (Å²) < 4.78 is 15.3. The molecule has 3 nitrogen and oxygen atoms in total. The highest BCUT2D eigenvalue weighted by Crippen LogP contribution is 2.28. The van der Waals surface area contributed by atoms with Crippen LogP contribution in [-0.2, 0) is 0 Å². The molecule has 0 aliphatic heterocycles. The van der Waals surface area contributed by atoms with Gasteiger partial charge in [0.15, 0.2) is 5.15 Å². The van der Waals surface area contributed by atoms with Crippen LogP contribution in [0.4, 0.5) is 4.39 Å². The number of imidazole rings is 1. The number of rotatable bonds is 1. The van der Waals surface area contributed by atoms with E-state index in [9.17, 15) is 9.50 Å². The number of halogens is 2. The molecule has 18 heavy (non-hydrogen) atoms. The summed E-state index contributed by atoms with van der Waals surface area (Å²) in [6, 6.07) is 9.44. The van der Waals surface area contributed by atoms with Crippen molar-refractivity contribution in [2.45, 2.75) is 0 Å². The van der Waals surface area contributed by atoms with E-state index in [1.807, 2.05) is 0 Å². The molecular weight excluding hydrogens is 255 g/mol. The van der Waals surface area contributed by atoms with Crippen molar-refractivity contribution in [3.05, 3.63) is 53.6 Å². The zero-order valence-electron chi connectivity index (χ0n) is 9.14. The third-order valence-electron chi connectivity index (χ3n) is 2.69. The van der Waals surface area contributed by atoms with E-state index in [-0.39, 0.29) is 16.7 Å². The molecule has 1 N–H and O–H groups in total. The van der Waals surface area contributed by atoms with E-state index in [1.165, 1.54) is 18.3 Å². The van der Waals surface area contributed by atoms with Gasteiger partial charge in [0.2, 0.25) is 0 Å². The molecule has 0 saturated carbocycles. The summed E-state index contributed by atoms with van der Waals surface area (Å²) in [4.78, 5) is 4.14. The first kappa shape index (κ1) is 11.0. The van der Waals surface area contributed by atoms with Gasteiger partial charge < -0.3 is 5.11 Å². The Morgan fingerprint density at radius 1 is 1.17 bits per heavy atom. The molecule has 2 heterocycles. The second-order valence-corrected chi connectivity index (χ2v) is 4.21. The van der Waals surface area contributed by atoms with Gasteiger partial charge in [-0.1, -0.05) is 23.7 Å². The highest BCUT2D eigenvalue weighted by atomic mass is 35.5.